The van der Waals surface area contributed by atoms with E-state index in [-0.39, 0.29) is 18.0 Å². The van der Waals surface area contributed by atoms with Gasteiger partial charge in [-0.25, -0.2) is 4.99 Å². The zero-order valence-electron chi connectivity index (χ0n) is 16.6. The molecule has 1 atom stereocenters. The molecule has 6 nitrogen and oxygen atoms in total. The Morgan fingerprint density at radius 2 is 1.97 bits per heavy atom. The van der Waals surface area contributed by atoms with Crippen LogP contribution in [0.15, 0.2) is 23.2 Å². The van der Waals surface area contributed by atoms with Crippen LogP contribution in [-0.4, -0.2) is 49.6 Å². The van der Waals surface area contributed by atoms with Crippen molar-refractivity contribution >= 4 is 11.9 Å². The molecule has 0 radical (unpaired) electrons. The zero-order chi connectivity index (χ0) is 21.9. The predicted molar refractivity (Wildman–Crippen MR) is 99.5 cm³/mol. The topological polar surface area (TPSA) is 77.2 Å². The highest BCUT2D eigenvalue weighted by Gasteiger charge is 2.66. The van der Waals surface area contributed by atoms with Gasteiger partial charge in [-0.2, -0.15) is 17.6 Å². The number of nitrogens with zero attached hydrogens (tertiary/aromatic N) is 2. The molecule has 4 rings (SSSR count). The lowest BCUT2D eigenvalue weighted by molar-refractivity contribution is -0.253. The summed E-state index contributed by atoms with van der Waals surface area (Å²) in [5, 5.41) is 0. The fourth-order valence-corrected chi connectivity index (χ4v) is 5.17. The number of hydrogen-bond donors (Lipinski definition) is 1. The Hall–Kier alpha value is -2.36. The van der Waals surface area contributed by atoms with E-state index in [0.717, 1.165) is 5.56 Å². The number of carbonyl (C=O) groups is 1. The number of amides is 1. The van der Waals surface area contributed by atoms with E-state index in [1.807, 2.05) is 0 Å². The van der Waals surface area contributed by atoms with Gasteiger partial charge in [-0.05, 0) is 55.4 Å². The molecule has 0 bridgehead atoms. The van der Waals surface area contributed by atoms with Gasteiger partial charge < -0.3 is 15.2 Å². The van der Waals surface area contributed by atoms with Gasteiger partial charge in [0.05, 0.1) is 6.10 Å². The summed E-state index contributed by atoms with van der Waals surface area (Å²) in [7, 11) is 3.15. The van der Waals surface area contributed by atoms with Crippen LogP contribution in [0.4, 0.5) is 17.6 Å². The van der Waals surface area contributed by atoms with Crippen LogP contribution in [0.1, 0.15) is 36.8 Å². The van der Waals surface area contributed by atoms with E-state index < -0.39 is 29.2 Å². The molecule has 1 aliphatic heterocycles. The van der Waals surface area contributed by atoms with Gasteiger partial charge in [0.1, 0.15) is 5.75 Å². The van der Waals surface area contributed by atoms with Crippen LogP contribution in [-0.2, 0) is 21.5 Å². The first kappa shape index (κ1) is 20.9. The Morgan fingerprint density at radius 3 is 2.50 bits per heavy atom. The quantitative estimate of drug-likeness (QED) is 0.747. The van der Waals surface area contributed by atoms with Crippen molar-refractivity contribution in [3.8, 4) is 5.75 Å². The molecule has 0 aromatic heterocycles. The molecule has 10 heteroatoms. The summed E-state index contributed by atoms with van der Waals surface area (Å²) in [6, 6.07) is 4.00. The highest BCUT2D eigenvalue weighted by Crippen LogP contribution is 2.62. The first-order valence-corrected chi connectivity index (χ1v) is 9.71. The number of ether oxygens (including phenoxy) is 2. The number of carbonyl (C=O) groups excluding carboxylic acids is 1. The Kier molecular flexibility index (Phi) is 4.76. The molecule has 1 amide bonds. The Labute approximate surface area is 171 Å². The SMILES string of the molecule is COC1CCC2(CC1)Cc1ccc(OC(F)(F)C(F)F)cc1[C@]21N=C(N)N(C)C1=O. The number of likely N-dealkylation sites (N-methyl/N-ethyl adjacent to an activating group) is 1. The van der Waals surface area contributed by atoms with Crippen molar-refractivity contribution in [1.29, 1.82) is 0 Å². The maximum absolute atomic E-state index is 13.5. The summed E-state index contributed by atoms with van der Waals surface area (Å²) < 4.78 is 61.9. The summed E-state index contributed by atoms with van der Waals surface area (Å²) >= 11 is 0. The Balaban J connectivity index is 1.81. The second-order valence-corrected chi connectivity index (χ2v) is 8.22. The first-order chi connectivity index (χ1) is 14.1. The molecule has 1 aromatic carbocycles. The van der Waals surface area contributed by atoms with Crippen LogP contribution in [0.2, 0.25) is 0 Å². The Morgan fingerprint density at radius 1 is 1.30 bits per heavy atom. The number of benzene rings is 1. The third-order valence-electron chi connectivity index (χ3n) is 6.74. The van der Waals surface area contributed by atoms with Crippen LogP contribution in [0, 0.1) is 5.41 Å². The number of fused-ring (bicyclic) bond motifs is 3. The second kappa shape index (κ2) is 6.83. The summed E-state index contributed by atoms with van der Waals surface area (Å²) in [6.07, 6.45) is -5.39. The number of nitrogens with two attached hydrogens (primary N) is 1. The van der Waals surface area contributed by atoms with Crippen molar-refractivity contribution in [2.24, 2.45) is 16.1 Å². The molecule has 0 saturated heterocycles. The van der Waals surface area contributed by atoms with Crippen molar-refractivity contribution < 1.29 is 31.8 Å². The molecular formula is C20H23F4N3O3. The van der Waals surface area contributed by atoms with Gasteiger partial charge >= 0.3 is 12.5 Å². The molecule has 2 spiro atoms. The zero-order valence-corrected chi connectivity index (χ0v) is 16.6. The van der Waals surface area contributed by atoms with Crippen LogP contribution >= 0.6 is 0 Å². The number of rotatable bonds is 4. The molecule has 1 heterocycles. The molecule has 2 aliphatic carbocycles. The molecule has 30 heavy (non-hydrogen) atoms. The lowest BCUT2D eigenvalue weighted by atomic mass is 9.61. The molecule has 1 fully saturated rings. The lowest BCUT2D eigenvalue weighted by Gasteiger charge is -2.45. The minimum atomic E-state index is -4.65. The minimum absolute atomic E-state index is 0.0327. The van der Waals surface area contributed by atoms with Gasteiger partial charge in [-0.3, -0.25) is 9.69 Å². The molecule has 1 aromatic rings. The van der Waals surface area contributed by atoms with Crippen molar-refractivity contribution in [3.05, 3.63) is 29.3 Å². The van der Waals surface area contributed by atoms with Crippen molar-refractivity contribution in [1.82, 2.24) is 4.90 Å². The standard InChI is InChI=1S/C20H23F4N3O3/c1-27-16(28)19(26-17(27)25)14-9-13(30-20(23,24)15(21)22)4-3-11(14)10-18(19)7-5-12(29-2)6-8-18/h3-4,9,12,15H,5-8,10H2,1-2H3,(H2,25,26)/t12?,18?,19-/m1/s1. The predicted octanol–water partition coefficient (Wildman–Crippen LogP) is 3.04. The molecule has 0 unspecified atom stereocenters. The smallest absolute Gasteiger partial charge is 0.428 e. The first-order valence-electron chi connectivity index (χ1n) is 9.71. The van der Waals surface area contributed by atoms with Crippen molar-refractivity contribution in [2.75, 3.05) is 14.2 Å². The lowest BCUT2D eigenvalue weighted by Crippen LogP contribution is -2.51. The monoisotopic (exact) mass is 429 g/mol. The average molecular weight is 429 g/mol. The number of halogens is 4. The van der Waals surface area contributed by atoms with E-state index in [4.69, 9.17) is 10.5 Å². The van der Waals surface area contributed by atoms with Crippen LogP contribution in [0.5, 0.6) is 5.75 Å². The summed E-state index contributed by atoms with van der Waals surface area (Å²) in [6.45, 7) is 0. The van der Waals surface area contributed by atoms with Gasteiger partial charge in [-0.15, -0.1) is 0 Å². The van der Waals surface area contributed by atoms with Crippen molar-refractivity contribution in [3.63, 3.8) is 0 Å². The van der Waals surface area contributed by atoms with Crippen molar-refractivity contribution in [2.45, 2.75) is 56.3 Å². The summed E-state index contributed by atoms with van der Waals surface area (Å²) in [5.74, 6) is -0.769. The maximum atomic E-state index is 13.5. The third-order valence-corrected chi connectivity index (χ3v) is 6.74. The molecule has 1 saturated carbocycles. The van der Waals surface area contributed by atoms with Gasteiger partial charge in [0.15, 0.2) is 11.5 Å². The second-order valence-electron chi connectivity index (χ2n) is 8.22. The normalized spacial score (nSPS) is 31.0. The van der Waals surface area contributed by atoms with E-state index in [0.29, 0.717) is 37.7 Å². The van der Waals surface area contributed by atoms with Crippen LogP contribution < -0.4 is 10.5 Å². The van der Waals surface area contributed by atoms with Crippen LogP contribution in [0.3, 0.4) is 0 Å². The van der Waals surface area contributed by atoms with E-state index in [1.165, 1.54) is 24.1 Å². The number of guanidine groups is 1. The van der Waals surface area contributed by atoms with Gasteiger partial charge in [0.2, 0.25) is 0 Å². The largest absolute Gasteiger partial charge is 0.461 e. The van der Waals surface area contributed by atoms with Crippen LogP contribution in [0.25, 0.3) is 0 Å². The van der Waals surface area contributed by atoms with E-state index in [2.05, 4.69) is 9.73 Å². The average Bonchev–Trinajstić information content (AvgIpc) is 3.09. The highest BCUT2D eigenvalue weighted by atomic mass is 19.3. The molecular weight excluding hydrogens is 406 g/mol. The van der Waals surface area contributed by atoms with E-state index >= 15 is 0 Å². The highest BCUT2D eigenvalue weighted by molar-refractivity contribution is 6.08. The number of hydrogen-bond acceptors (Lipinski definition) is 5. The van der Waals surface area contributed by atoms with Gasteiger partial charge in [0, 0.05) is 19.6 Å². The fourth-order valence-electron chi connectivity index (χ4n) is 5.17. The maximum Gasteiger partial charge on any atom is 0.461 e. The number of methoxy groups -OCH3 is 1. The molecule has 2 N–H and O–H groups in total. The number of alkyl halides is 4. The third kappa shape index (κ3) is 2.79. The minimum Gasteiger partial charge on any atom is -0.428 e. The molecule has 3 aliphatic rings. The Bertz CT molecular complexity index is 899. The summed E-state index contributed by atoms with van der Waals surface area (Å²) in [5.41, 5.74) is 5.13. The summed E-state index contributed by atoms with van der Waals surface area (Å²) in [4.78, 5) is 19.2. The number of aliphatic imine (C=N–C) groups is 1. The van der Waals surface area contributed by atoms with Gasteiger partial charge in [0.25, 0.3) is 5.91 Å². The fraction of sp³-hybridized carbons (Fsp3) is 0.600. The van der Waals surface area contributed by atoms with E-state index in [9.17, 15) is 22.4 Å². The van der Waals surface area contributed by atoms with Gasteiger partial charge in [-0.1, -0.05) is 6.07 Å². The van der Waals surface area contributed by atoms with E-state index in [1.54, 1.807) is 13.2 Å². The molecule has 164 valence electrons.